The Kier molecular flexibility index (Phi) is 11.1. The number of imidazole rings is 1. The number of methoxy groups -OCH3 is 1. The van der Waals surface area contributed by atoms with Crippen molar-refractivity contribution < 1.29 is 27.4 Å². The van der Waals surface area contributed by atoms with E-state index in [4.69, 9.17) is 29.4 Å². The lowest BCUT2D eigenvalue weighted by molar-refractivity contribution is -0.143. The number of pyridine rings is 2. The number of aromatic nitrogens is 6. The molecule has 2 aliphatic carbocycles. The van der Waals surface area contributed by atoms with Crippen LogP contribution in [0.25, 0.3) is 33.9 Å². The second-order valence-electron chi connectivity index (χ2n) is 15.3. The minimum atomic E-state index is -4.59. The van der Waals surface area contributed by atoms with Crippen molar-refractivity contribution in [2.75, 3.05) is 69.9 Å². The van der Waals surface area contributed by atoms with Gasteiger partial charge in [0.05, 0.1) is 43.4 Å². The van der Waals surface area contributed by atoms with Crippen LogP contribution in [0, 0.1) is 5.41 Å². The molecule has 4 aromatic heterocycles. The molecule has 0 radical (unpaired) electrons. The van der Waals surface area contributed by atoms with Gasteiger partial charge in [0.25, 0.3) is 0 Å². The van der Waals surface area contributed by atoms with Crippen molar-refractivity contribution in [3.05, 3.63) is 42.0 Å². The number of alkyl halides is 3. The SMILES string of the molecule is CCOC(=O)CCN1CCN(c2cnc(-c3nc4nc(-c5cc(C6CC6)nc(C(F)(F)F)c5)cc(N(C)CC5(COC)CCCCC5)c4[nH]3)cn2)[C@H](C)C1. The quantitative estimate of drug-likeness (QED) is 0.144. The zero-order valence-electron chi connectivity index (χ0n) is 31.6. The standard InChI is InChI=1S/C39H50F3N9O3/c1-5-54-34(52)11-14-50-15-16-51(25(2)22-50)33-21-43-30(20-44-33)36-47-35-31(49(3)23-38(24-53-4)12-7-6-8-13-38)19-29(46-37(35)48-36)27-17-28(26-9-10-26)45-32(18-27)39(40,41)42/h17-21,25-26H,5-16,22-24H2,1-4H3,(H,46,47,48)/t25-/m1/s1. The summed E-state index contributed by atoms with van der Waals surface area (Å²) in [4.78, 5) is 45.1. The number of piperazine rings is 1. The average Bonchev–Trinajstić information content (AvgIpc) is 3.92. The number of esters is 1. The van der Waals surface area contributed by atoms with E-state index in [0.29, 0.717) is 72.4 Å². The van der Waals surface area contributed by atoms with Gasteiger partial charge in [0, 0.05) is 75.5 Å². The molecule has 0 bridgehead atoms. The zero-order valence-corrected chi connectivity index (χ0v) is 31.6. The van der Waals surface area contributed by atoms with Crippen LogP contribution >= 0.6 is 0 Å². The normalized spacial score (nSPS) is 19.3. The maximum atomic E-state index is 14.1. The Morgan fingerprint density at radius 2 is 1.83 bits per heavy atom. The number of nitrogens with zero attached hydrogens (tertiary/aromatic N) is 8. The molecule has 3 fully saturated rings. The third-order valence-electron chi connectivity index (χ3n) is 11.0. The van der Waals surface area contributed by atoms with Crippen molar-refractivity contribution in [2.24, 2.45) is 5.41 Å². The van der Waals surface area contributed by atoms with E-state index in [1.54, 1.807) is 25.6 Å². The minimum absolute atomic E-state index is 0.0267. The maximum Gasteiger partial charge on any atom is 0.433 e. The smallest absolute Gasteiger partial charge is 0.433 e. The molecule has 15 heteroatoms. The molecule has 0 spiro atoms. The Hall–Kier alpha value is -4.37. The molecule has 0 amide bonds. The van der Waals surface area contributed by atoms with Crippen molar-refractivity contribution >= 4 is 28.6 Å². The van der Waals surface area contributed by atoms with Crippen molar-refractivity contribution in [2.45, 2.75) is 83.4 Å². The number of hydrogen-bond donors (Lipinski definition) is 1. The van der Waals surface area contributed by atoms with Crippen molar-refractivity contribution in [1.82, 2.24) is 34.8 Å². The molecule has 0 unspecified atom stereocenters. The van der Waals surface area contributed by atoms with Crippen LogP contribution < -0.4 is 9.80 Å². The Bertz CT molecular complexity index is 1920. The number of carbonyl (C=O) groups is 1. The number of H-pyrrole nitrogens is 1. The maximum absolute atomic E-state index is 14.1. The van der Waals surface area contributed by atoms with Gasteiger partial charge in [-0.1, -0.05) is 19.3 Å². The number of ether oxygens (including phenoxy) is 2. The molecule has 5 heterocycles. The summed E-state index contributed by atoms with van der Waals surface area (Å²) in [5.74, 6) is 1.06. The molecular weight excluding hydrogens is 699 g/mol. The fourth-order valence-corrected chi connectivity index (χ4v) is 8.17. The monoisotopic (exact) mass is 749 g/mol. The van der Waals surface area contributed by atoms with Gasteiger partial charge in [0.2, 0.25) is 0 Å². The fourth-order valence-electron chi connectivity index (χ4n) is 8.17. The summed E-state index contributed by atoms with van der Waals surface area (Å²) < 4.78 is 53.1. The van der Waals surface area contributed by atoms with E-state index in [-0.39, 0.29) is 23.3 Å². The van der Waals surface area contributed by atoms with Crippen molar-refractivity contribution in [3.8, 4) is 22.8 Å². The first kappa shape index (κ1) is 37.9. The zero-order chi connectivity index (χ0) is 38.0. The second-order valence-corrected chi connectivity index (χ2v) is 15.3. The third-order valence-corrected chi connectivity index (χ3v) is 11.0. The lowest BCUT2D eigenvalue weighted by atomic mass is 9.74. The van der Waals surface area contributed by atoms with Crippen LogP contribution in [-0.4, -0.2) is 107 Å². The summed E-state index contributed by atoms with van der Waals surface area (Å²) in [5, 5.41) is 0. The van der Waals surface area contributed by atoms with E-state index in [0.717, 1.165) is 75.7 Å². The number of carbonyl (C=O) groups excluding carboxylic acids is 1. The molecular formula is C39H50F3N9O3. The number of hydrogen-bond acceptors (Lipinski definition) is 11. The van der Waals surface area contributed by atoms with Crippen LogP contribution in [0.3, 0.4) is 0 Å². The highest BCUT2D eigenvalue weighted by Crippen LogP contribution is 2.43. The van der Waals surface area contributed by atoms with Gasteiger partial charge in [-0.2, -0.15) is 13.2 Å². The van der Waals surface area contributed by atoms with E-state index < -0.39 is 11.9 Å². The Morgan fingerprint density at radius 1 is 1.04 bits per heavy atom. The Labute approximate surface area is 313 Å². The number of nitrogens with one attached hydrogen (secondary N) is 1. The van der Waals surface area contributed by atoms with Gasteiger partial charge in [0.1, 0.15) is 22.7 Å². The molecule has 54 heavy (non-hydrogen) atoms. The first-order chi connectivity index (χ1) is 25.9. The topological polar surface area (TPSA) is 125 Å². The highest BCUT2D eigenvalue weighted by molar-refractivity contribution is 5.91. The molecule has 1 aliphatic heterocycles. The molecule has 3 aliphatic rings. The summed E-state index contributed by atoms with van der Waals surface area (Å²) in [6.45, 7) is 8.62. The molecule has 2 saturated carbocycles. The second kappa shape index (κ2) is 15.8. The first-order valence-corrected chi connectivity index (χ1v) is 19.1. The summed E-state index contributed by atoms with van der Waals surface area (Å²) >= 11 is 0. The summed E-state index contributed by atoms with van der Waals surface area (Å²) in [7, 11) is 3.75. The van der Waals surface area contributed by atoms with E-state index in [2.05, 4.69) is 31.6 Å². The molecule has 1 saturated heterocycles. The molecule has 0 aromatic carbocycles. The van der Waals surface area contributed by atoms with Crippen LogP contribution in [0.1, 0.15) is 82.5 Å². The van der Waals surface area contributed by atoms with E-state index >= 15 is 0 Å². The Morgan fingerprint density at radius 3 is 2.50 bits per heavy atom. The fraction of sp³-hybridized carbons (Fsp3) is 0.590. The van der Waals surface area contributed by atoms with Gasteiger partial charge in [0.15, 0.2) is 11.5 Å². The van der Waals surface area contributed by atoms with Gasteiger partial charge < -0.3 is 24.3 Å². The molecule has 290 valence electrons. The number of rotatable bonds is 13. The summed E-state index contributed by atoms with van der Waals surface area (Å²) in [5.41, 5.74) is 2.61. The highest BCUT2D eigenvalue weighted by Gasteiger charge is 2.37. The van der Waals surface area contributed by atoms with Gasteiger partial charge in [-0.15, -0.1) is 0 Å². The average molecular weight is 750 g/mol. The van der Waals surface area contributed by atoms with Crippen LogP contribution in [0.2, 0.25) is 0 Å². The van der Waals surface area contributed by atoms with Crippen LogP contribution in [0.4, 0.5) is 24.7 Å². The molecule has 12 nitrogen and oxygen atoms in total. The Balaban J connectivity index is 1.20. The largest absolute Gasteiger partial charge is 0.466 e. The van der Waals surface area contributed by atoms with Gasteiger partial charge in [-0.3, -0.25) is 9.69 Å². The molecule has 1 atom stereocenters. The first-order valence-electron chi connectivity index (χ1n) is 19.1. The summed E-state index contributed by atoms with van der Waals surface area (Å²) in [6.07, 6.45) is 6.38. The van der Waals surface area contributed by atoms with Gasteiger partial charge >= 0.3 is 12.1 Å². The lowest BCUT2D eigenvalue weighted by Gasteiger charge is -2.40. The number of aromatic amines is 1. The predicted octanol–water partition coefficient (Wildman–Crippen LogP) is 6.87. The minimum Gasteiger partial charge on any atom is -0.466 e. The molecule has 4 aromatic rings. The van der Waals surface area contributed by atoms with E-state index in [1.165, 1.54) is 6.42 Å². The predicted molar refractivity (Wildman–Crippen MR) is 200 cm³/mol. The van der Waals surface area contributed by atoms with Gasteiger partial charge in [-0.05, 0) is 57.7 Å². The molecule has 7 rings (SSSR count). The van der Waals surface area contributed by atoms with Crippen LogP contribution in [0.5, 0.6) is 0 Å². The highest BCUT2D eigenvalue weighted by atomic mass is 19.4. The third kappa shape index (κ3) is 8.46. The van der Waals surface area contributed by atoms with Crippen LogP contribution in [0.15, 0.2) is 30.6 Å². The molecule has 1 N–H and O–H groups in total. The van der Waals surface area contributed by atoms with Crippen molar-refractivity contribution in [3.63, 3.8) is 0 Å². The van der Waals surface area contributed by atoms with E-state index in [1.807, 2.05) is 20.0 Å². The van der Waals surface area contributed by atoms with Gasteiger partial charge in [-0.25, -0.2) is 24.9 Å². The lowest BCUT2D eigenvalue weighted by Crippen LogP contribution is -2.52. The number of halogens is 3. The summed E-state index contributed by atoms with van der Waals surface area (Å²) in [6, 6.07) is 4.86. The van der Waals surface area contributed by atoms with E-state index in [9.17, 15) is 18.0 Å². The van der Waals surface area contributed by atoms with Crippen LogP contribution in [-0.2, 0) is 20.4 Å². The van der Waals surface area contributed by atoms with Crippen molar-refractivity contribution in [1.29, 1.82) is 0 Å². The number of fused-ring (bicyclic) bond motifs is 1. The number of anilines is 2.